The predicted molar refractivity (Wildman–Crippen MR) is 85.9 cm³/mol. The minimum Gasteiger partial charge on any atom is -0.607 e. The Morgan fingerprint density at radius 3 is 2.56 bits per heavy atom. The number of sulfone groups is 1. The monoisotopic (exact) mass is 419 g/mol. The summed E-state index contributed by atoms with van der Waals surface area (Å²) < 4.78 is 96.7. The van der Waals surface area contributed by atoms with Crippen LogP contribution >= 0.6 is 0 Å². The van der Waals surface area contributed by atoms with Crippen LogP contribution in [0.15, 0.2) is 40.1 Å². The van der Waals surface area contributed by atoms with E-state index in [9.17, 15) is 30.5 Å². The van der Waals surface area contributed by atoms with Crippen LogP contribution in [0.5, 0.6) is 11.5 Å². The normalized spacial score (nSPS) is 20.8. The molecule has 2 atom stereocenters. The lowest BCUT2D eigenvalue weighted by atomic mass is 10.1. The van der Waals surface area contributed by atoms with Gasteiger partial charge in [-0.3, -0.25) is 0 Å². The molecule has 1 heterocycles. The standard InChI is InChI=1S/C16H9F4NO4S2/c1-27(23,24)12-3-2-11(13-14(12)26(22)16(19,20)15(13)18)25-10-5-8(7-21)4-9(17)6-10/h2-6,15H,1H3/t15-,26+/m1/s1. The summed E-state index contributed by atoms with van der Waals surface area (Å²) in [4.78, 5) is -1.59. The SMILES string of the molecule is CS(=O)(=O)c1ccc(Oc2cc(F)cc(C#N)c2)c2c1[S@+]([O-])C(F)(F)[C@@H]2F. The van der Waals surface area contributed by atoms with Gasteiger partial charge in [-0.05, 0) is 24.3 Å². The van der Waals surface area contributed by atoms with E-state index in [1.807, 2.05) is 0 Å². The molecule has 1 aliphatic heterocycles. The summed E-state index contributed by atoms with van der Waals surface area (Å²) >= 11 is -3.27. The van der Waals surface area contributed by atoms with E-state index in [0.717, 1.165) is 30.3 Å². The van der Waals surface area contributed by atoms with Gasteiger partial charge in [0.2, 0.25) is 6.17 Å². The van der Waals surface area contributed by atoms with Crippen LogP contribution in [0.25, 0.3) is 0 Å². The molecule has 0 aliphatic carbocycles. The molecule has 0 fully saturated rings. The van der Waals surface area contributed by atoms with Gasteiger partial charge >= 0.3 is 5.25 Å². The molecule has 0 bridgehead atoms. The highest BCUT2D eigenvalue weighted by molar-refractivity contribution is 7.95. The summed E-state index contributed by atoms with van der Waals surface area (Å²) in [6.07, 6.45) is -2.38. The van der Waals surface area contributed by atoms with Crippen molar-refractivity contribution in [1.29, 1.82) is 5.26 Å². The summed E-state index contributed by atoms with van der Waals surface area (Å²) in [6.45, 7) is 0. The van der Waals surface area contributed by atoms with Crippen LogP contribution in [0.2, 0.25) is 0 Å². The molecular weight excluding hydrogens is 410 g/mol. The number of halogens is 4. The molecule has 2 aromatic carbocycles. The number of benzene rings is 2. The Morgan fingerprint density at radius 2 is 1.96 bits per heavy atom. The third-order valence-electron chi connectivity index (χ3n) is 3.73. The highest BCUT2D eigenvalue weighted by atomic mass is 32.2. The quantitative estimate of drug-likeness (QED) is 0.560. The smallest absolute Gasteiger partial charge is 0.447 e. The van der Waals surface area contributed by atoms with Crippen LogP contribution in [0, 0.1) is 17.1 Å². The summed E-state index contributed by atoms with van der Waals surface area (Å²) in [5.41, 5.74) is -1.02. The second kappa shape index (κ2) is 6.40. The van der Waals surface area contributed by atoms with E-state index in [2.05, 4.69) is 0 Å². The number of ether oxygens (including phenoxy) is 1. The largest absolute Gasteiger partial charge is 0.607 e. The van der Waals surface area contributed by atoms with E-state index in [1.165, 1.54) is 0 Å². The molecule has 1 aliphatic rings. The lowest BCUT2D eigenvalue weighted by Crippen LogP contribution is -2.27. The Balaban J connectivity index is 2.21. The fraction of sp³-hybridized carbons (Fsp3) is 0.188. The minimum atomic E-state index is -4.36. The molecular formula is C16H9F4NO4S2. The van der Waals surface area contributed by atoms with Gasteiger partial charge in [-0.15, -0.1) is 0 Å². The predicted octanol–water partition coefficient (Wildman–Crippen LogP) is 3.62. The van der Waals surface area contributed by atoms with E-state index < -0.39 is 59.4 Å². The number of fused-ring (bicyclic) bond motifs is 1. The third kappa shape index (κ3) is 3.24. The molecule has 0 radical (unpaired) electrons. The van der Waals surface area contributed by atoms with Crippen LogP contribution in [0.1, 0.15) is 17.3 Å². The molecule has 0 amide bonds. The zero-order valence-corrected chi connectivity index (χ0v) is 15.0. The van der Waals surface area contributed by atoms with Crippen molar-refractivity contribution in [3.8, 4) is 17.6 Å². The van der Waals surface area contributed by atoms with Gasteiger partial charge in [0.1, 0.15) is 22.2 Å². The van der Waals surface area contributed by atoms with Crippen LogP contribution in [-0.2, 0) is 21.0 Å². The Bertz CT molecular complexity index is 1080. The molecule has 0 unspecified atom stereocenters. The van der Waals surface area contributed by atoms with Gasteiger partial charge in [0.05, 0.1) is 28.4 Å². The van der Waals surface area contributed by atoms with Crippen molar-refractivity contribution in [3.05, 3.63) is 47.3 Å². The molecule has 142 valence electrons. The maximum absolute atomic E-state index is 14.4. The van der Waals surface area contributed by atoms with Crippen LogP contribution in [-0.4, -0.2) is 24.5 Å². The van der Waals surface area contributed by atoms with Gasteiger partial charge in [0.25, 0.3) is 0 Å². The third-order valence-corrected chi connectivity index (χ3v) is 6.51. The highest BCUT2D eigenvalue weighted by Gasteiger charge is 2.64. The molecule has 0 saturated heterocycles. The summed E-state index contributed by atoms with van der Waals surface area (Å²) in [5.74, 6) is -1.71. The van der Waals surface area contributed by atoms with Crippen molar-refractivity contribution in [2.24, 2.45) is 0 Å². The fourth-order valence-corrected chi connectivity index (χ4v) is 5.26. The van der Waals surface area contributed by atoms with Gasteiger partial charge in [-0.1, -0.05) is 0 Å². The highest BCUT2D eigenvalue weighted by Crippen LogP contribution is 2.56. The number of hydrogen-bond donors (Lipinski definition) is 0. The zero-order chi connectivity index (χ0) is 20.1. The average Bonchev–Trinajstić information content (AvgIpc) is 2.75. The van der Waals surface area contributed by atoms with E-state index in [0.29, 0.717) is 6.26 Å². The lowest BCUT2D eigenvalue weighted by Gasteiger charge is -2.13. The Hall–Kier alpha value is -2.29. The first-order chi connectivity index (χ1) is 12.5. The molecule has 5 nitrogen and oxygen atoms in total. The maximum atomic E-state index is 14.4. The number of alkyl halides is 3. The first-order valence-electron chi connectivity index (χ1n) is 7.16. The van der Waals surface area contributed by atoms with E-state index in [4.69, 9.17) is 10.00 Å². The lowest BCUT2D eigenvalue weighted by molar-refractivity contribution is 0.00940. The van der Waals surface area contributed by atoms with Crippen molar-refractivity contribution in [2.45, 2.75) is 21.2 Å². The van der Waals surface area contributed by atoms with Gasteiger partial charge in [-0.2, -0.15) is 14.0 Å². The number of hydrogen-bond acceptors (Lipinski definition) is 5. The summed E-state index contributed by atoms with van der Waals surface area (Å²) in [7, 11) is -4.09. The maximum Gasteiger partial charge on any atom is 0.447 e. The fourth-order valence-electron chi connectivity index (χ4n) is 2.58. The van der Waals surface area contributed by atoms with Gasteiger partial charge < -0.3 is 9.29 Å². The topological polar surface area (TPSA) is 90.2 Å². The molecule has 0 saturated carbocycles. The van der Waals surface area contributed by atoms with Crippen molar-refractivity contribution in [1.82, 2.24) is 0 Å². The Morgan fingerprint density at radius 1 is 1.30 bits per heavy atom. The Labute approximate surface area is 154 Å². The molecule has 0 aromatic heterocycles. The van der Waals surface area contributed by atoms with E-state index in [-0.39, 0.29) is 11.3 Å². The number of nitrogens with zero attached hydrogens (tertiary/aromatic N) is 1. The van der Waals surface area contributed by atoms with Gasteiger partial charge in [-0.25, -0.2) is 17.2 Å². The second-order valence-corrected chi connectivity index (χ2v) is 9.13. The van der Waals surface area contributed by atoms with Crippen molar-refractivity contribution < 1.29 is 35.3 Å². The first kappa shape index (κ1) is 19.5. The molecule has 2 aromatic rings. The Kier molecular flexibility index (Phi) is 4.62. The molecule has 0 spiro atoms. The van der Waals surface area contributed by atoms with Crippen molar-refractivity contribution in [2.75, 3.05) is 6.26 Å². The molecule has 0 N–H and O–H groups in total. The first-order valence-corrected chi connectivity index (χ1v) is 10.2. The van der Waals surface area contributed by atoms with Crippen LogP contribution in [0.3, 0.4) is 0 Å². The van der Waals surface area contributed by atoms with Crippen LogP contribution < -0.4 is 4.74 Å². The number of nitriles is 1. The molecule has 3 rings (SSSR count). The summed E-state index contributed by atoms with van der Waals surface area (Å²) in [5, 5.41) is 4.48. The van der Waals surface area contributed by atoms with Crippen LogP contribution in [0.4, 0.5) is 17.6 Å². The molecule has 11 heteroatoms. The van der Waals surface area contributed by atoms with Crippen molar-refractivity contribution >= 4 is 21.0 Å². The second-order valence-electron chi connectivity index (χ2n) is 5.66. The summed E-state index contributed by atoms with van der Waals surface area (Å²) in [6, 6.07) is 6.24. The zero-order valence-electron chi connectivity index (χ0n) is 13.4. The van der Waals surface area contributed by atoms with Crippen molar-refractivity contribution in [3.63, 3.8) is 0 Å². The van der Waals surface area contributed by atoms with Gasteiger partial charge in [0, 0.05) is 12.3 Å². The minimum absolute atomic E-state index is 0.139. The molecule has 27 heavy (non-hydrogen) atoms. The van der Waals surface area contributed by atoms with E-state index in [1.54, 1.807) is 6.07 Å². The van der Waals surface area contributed by atoms with E-state index >= 15 is 0 Å². The van der Waals surface area contributed by atoms with Gasteiger partial charge in [0.15, 0.2) is 14.7 Å². The average molecular weight is 419 g/mol. The number of rotatable bonds is 3.